The lowest BCUT2D eigenvalue weighted by molar-refractivity contribution is -0.136. The molecule has 5 heteroatoms. The van der Waals surface area contributed by atoms with Gasteiger partial charge in [-0.05, 0) is 22.8 Å². The van der Waals surface area contributed by atoms with Crippen molar-refractivity contribution in [2.24, 2.45) is 0 Å². The van der Waals surface area contributed by atoms with Crippen molar-refractivity contribution in [3.05, 3.63) is 76.0 Å². The average Bonchev–Trinajstić information content (AvgIpc) is 2.54. The van der Waals surface area contributed by atoms with Crippen LogP contribution in [0.4, 0.5) is 0 Å². The largest absolute Gasteiger partial charge is 0.481 e. The van der Waals surface area contributed by atoms with E-state index in [2.05, 4.69) is 9.97 Å². The Morgan fingerprint density at radius 1 is 1.09 bits per heavy atom. The Labute approximate surface area is 132 Å². The molecule has 0 saturated heterocycles. The molecular formula is C18H16N2O3. The van der Waals surface area contributed by atoms with Gasteiger partial charge in [-0.1, -0.05) is 42.5 Å². The third kappa shape index (κ3) is 3.45. The Morgan fingerprint density at radius 2 is 1.87 bits per heavy atom. The molecular weight excluding hydrogens is 292 g/mol. The molecule has 0 aliphatic carbocycles. The number of aliphatic carboxylic acids is 1. The number of aryl methyl sites for hydroxylation is 1. The van der Waals surface area contributed by atoms with Crippen molar-refractivity contribution < 1.29 is 9.90 Å². The molecule has 1 aromatic heterocycles. The smallest absolute Gasteiger partial charge is 0.303 e. The van der Waals surface area contributed by atoms with E-state index in [-0.39, 0.29) is 18.4 Å². The van der Waals surface area contributed by atoms with Gasteiger partial charge in [-0.3, -0.25) is 9.59 Å². The molecule has 0 amide bonds. The first-order valence-electron chi connectivity index (χ1n) is 7.39. The molecule has 0 unspecified atom stereocenters. The zero-order chi connectivity index (χ0) is 16.2. The number of fused-ring (bicyclic) bond motifs is 1. The van der Waals surface area contributed by atoms with Crippen LogP contribution in [-0.2, 0) is 17.6 Å². The monoisotopic (exact) mass is 308 g/mol. The lowest BCUT2D eigenvalue weighted by Crippen LogP contribution is -2.17. The number of aromatic nitrogens is 2. The summed E-state index contributed by atoms with van der Waals surface area (Å²) in [5.74, 6) is -0.352. The van der Waals surface area contributed by atoms with E-state index in [1.807, 2.05) is 42.5 Å². The van der Waals surface area contributed by atoms with Gasteiger partial charge in [-0.25, -0.2) is 4.98 Å². The molecule has 0 bridgehead atoms. The van der Waals surface area contributed by atoms with Crippen LogP contribution in [0.25, 0.3) is 10.8 Å². The molecule has 0 spiro atoms. The van der Waals surface area contributed by atoms with Crippen molar-refractivity contribution in [2.45, 2.75) is 19.3 Å². The normalized spacial score (nSPS) is 10.8. The summed E-state index contributed by atoms with van der Waals surface area (Å²) in [5.41, 5.74) is 1.22. The molecule has 0 atom stereocenters. The molecule has 0 radical (unpaired) electrons. The van der Waals surface area contributed by atoms with Gasteiger partial charge in [0.2, 0.25) is 0 Å². The van der Waals surface area contributed by atoms with Crippen LogP contribution in [0.5, 0.6) is 0 Å². The summed E-state index contributed by atoms with van der Waals surface area (Å²) in [7, 11) is 0. The number of aromatic amines is 1. The Balaban J connectivity index is 1.86. The highest BCUT2D eigenvalue weighted by atomic mass is 16.4. The average molecular weight is 308 g/mol. The predicted octanol–water partition coefficient (Wildman–Crippen LogP) is 2.53. The molecule has 3 rings (SSSR count). The number of nitrogens with one attached hydrogen (secondary N) is 1. The zero-order valence-corrected chi connectivity index (χ0v) is 12.5. The minimum absolute atomic E-state index is 0.0760. The topological polar surface area (TPSA) is 83.0 Å². The number of rotatable bonds is 5. The van der Waals surface area contributed by atoms with Crippen LogP contribution >= 0.6 is 0 Å². The summed E-state index contributed by atoms with van der Waals surface area (Å²) in [4.78, 5) is 29.6. The first kappa shape index (κ1) is 15.0. The van der Waals surface area contributed by atoms with E-state index in [9.17, 15) is 9.59 Å². The van der Waals surface area contributed by atoms with Crippen LogP contribution in [0.15, 0.2) is 53.5 Å². The summed E-state index contributed by atoms with van der Waals surface area (Å²) in [5, 5.41) is 11.0. The fourth-order valence-corrected chi connectivity index (χ4v) is 2.59. The summed E-state index contributed by atoms with van der Waals surface area (Å²) in [6.45, 7) is 0. The van der Waals surface area contributed by atoms with Crippen molar-refractivity contribution in [3.8, 4) is 0 Å². The number of benzene rings is 2. The highest BCUT2D eigenvalue weighted by molar-refractivity contribution is 5.85. The number of nitrogens with zero attached hydrogens (tertiary/aromatic N) is 1. The number of H-pyrrole nitrogens is 1. The quantitative estimate of drug-likeness (QED) is 0.758. The molecule has 3 aromatic rings. The first-order valence-corrected chi connectivity index (χ1v) is 7.39. The molecule has 0 aliphatic rings. The Morgan fingerprint density at radius 3 is 2.65 bits per heavy atom. The Kier molecular flexibility index (Phi) is 4.19. The Bertz CT molecular complexity index is 910. The van der Waals surface area contributed by atoms with Crippen molar-refractivity contribution in [1.82, 2.24) is 9.97 Å². The van der Waals surface area contributed by atoms with Gasteiger partial charge in [0.1, 0.15) is 5.82 Å². The van der Waals surface area contributed by atoms with Crippen LogP contribution < -0.4 is 5.56 Å². The van der Waals surface area contributed by atoms with Crippen LogP contribution in [-0.4, -0.2) is 21.0 Å². The number of hydrogen-bond donors (Lipinski definition) is 2. The summed E-state index contributed by atoms with van der Waals surface area (Å²) < 4.78 is 0. The maximum Gasteiger partial charge on any atom is 0.303 e. The maximum atomic E-state index is 12.0. The van der Waals surface area contributed by atoms with Gasteiger partial charge in [0.15, 0.2) is 0 Å². The molecule has 2 aromatic carbocycles. The van der Waals surface area contributed by atoms with Crippen LogP contribution in [0, 0.1) is 0 Å². The fraction of sp³-hybridized carbons (Fsp3) is 0.167. The third-order valence-electron chi connectivity index (χ3n) is 3.77. The van der Waals surface area contributed by atoms with Crippen LogP contribution in [0.1, 0.15) is 23.4 Å². The lowest BCUT2D eigenvalue weighted by atomic mass is 10.0. The standard InChI is InChI=1S/C18H16N2O3/c21-17(22)9-8-14-11-19-16(20-18(14)23)10-13-6-3-5-12-4-1-2-7-15(12)13/h1-7,11H,8-10H2,(H,21,22)(H,19,20,23). The molecule has 1 heterocycles. The molecule has 23 heavy (non-hydrogen) atoms. The molecule has 2 N–H and O–H groups in total. The van der Waals surface area contributed by atoms with Crippen molar-refractivity contribution in [3.63, 3.8) is 0 Å². The maximum absolute atomic E-state index is 12.0. The number of carboxylic acids is 1. The van der Waals surface area contributed by atoms with Gasteiger partial charge in [0.25, 0.3) is 5.56 Å². The number of carbonyl (C=O) groups is 1. The van der Waals surface area contributed by atoms with E-state index >= 15 is 0 Å². The summed E-state index contributed by atoms with van der Waals surface area (Å²) in [6.07, 6.45) is 2.11. The van der Waals surface area contributed by atoms with Crippen LogP contribution in [0.2, 0.25) is 0 Å². The Hall–Kier alpha value is -2.95. The van der Waals surface area contributed by atoms with E-state index in [1.54, 1.807) is 0 Å². The van der Waals surface area contributed by atoms with Crippen molar-refractivity contribution in [1.29, 1.82) is 0 Å². The van der Waals surface area contributed by atoms with Gasteiger partial charge in [0, 0.05) is 24.6 Å². The summed E-state index contributed by atoms with van der Waals surface area (Å²) in [6, 6.07) is 14.1. The van der Waals surface area contributed by atoms with E-state index in [1.165, 1.54) is 6.20 Å². The predicted molar refractivity (Wildman–Crippen MR) is 87.6 cm³/mol. The van der Waals surface area contributed by atoms with Crippen molar-refractivity contribution in [2.75, 3.05) is 0 Å². The van der Waals surface area contributed by atoms with E-state index < -0.39 is 5.97 Å². The van der Waals surface area contributed by atoms with E-state index in [4.69, 9.17) is 5.11 Å². The molecule has 0 fully saturated rings. The van der Waals surface area contributed by atoms with Gasteiger partial charge >= 0.3 is 5.97 Å². The molecule has 116 valence electrons. The third-order valence-corrected chi connectivity index (χ3v) is 3.77. The van der Waals surface area contributed by atoms with Gasteiger partial charge < -0.3 is 10.1 Å². The zero-order valence-electron chi connectivity index (χ0n) is 12.5. The second-order valence-electron chi connectivity index (χ2n) is 5.39. The molecule has 0 saturated carbocycles. The number of carboxylic acid groups (broad SMARTS) is 1. The second kappa shape index (κ2) is 6.44. The second-order valence-corrected chi connectivity index (χ2v) is 5.39. The molecule has 0 aliphatic heterocycles. The first-order chi connectivity index (χ1) is 11.1. The minimum atomic E-state index is -0.927. The minimum Gasteiger partial charge on any atom is -0.481 e. The fourth-order valence-electron chi connectivity index (χ4n) is 2.59. The van der Waals surface area contributed by atoms with Crippen molar-refractivity contribution >= 4 is 16.7 Å². The highest BCUT2D eigenvalue weighted by Crippen LogP contribution is 2.20. The lowest BCUT2D eigenvalue weighted by Gasteiger charge is -2.07. The van der Waals surface area contributed by atoms with E-state index in [0.29, 0.717) is 17.8 Å². The molecule has 5 nitrogen and oxygen atoms in total. The van der Waals surface area contributed by atoms with Gasteiger partial charge in [-0.2, -0.15) is 0 Å². The summed E-state index contributed by atoms with van der Waals surface area (Å²) >= 11 is 0. The number of hydrogen-bond acceptors (Lipinski definition) is 3. The SMILES string of the molecule is O=C(O)CCc1cnc(Cc2cccc3ccccc23)[nH]c1=O. The van der Waals surface area contributed by atoms with Crippen LogP contribution in [0.3, 0.4) is 0 Å². The highest BCUT2D eigenvalue weighted by Gasteiger charge is 2.07. The van der Waals surface area contributed by atoms with Gasteiger partial charge in [0.05, 0.1) is 0 Å². The van der Waals surface area contributed by atoms with Gasteiger partial charge in [-0.15, -0.1) is 0 Å². The van der Waals surface area contributed by atoms with E-state index in [0.717, 1.165) is 16.3 Å².